The molecule has 2 N–H and O–H groups in total. The smallest absolute Gasteiger partial charge is 0.261 e. The fraction of sp³-hybridized carbons (Fsp3) is 0.409. The van der Waals surface area contributed by atoms with E-state index in [1.54, 1.807) is 6.20 Å². The Bertz CT molecular complexity index is 1100. The number of carbonyl (C=O) groups is 2. The molecule has 2 fully saturated rings. The highest BCUT2D eigenvalue weighted by atomic mass is 32.1. The second kappa shape index (κ2) is 8.41. The molecule has 2 saturated heterocycles. The Morgan fingerprint density at radius 2 is 2.13 bits per heavy atom. The molecule has 0 aromatic carbocycles. The van der Waals surface area contributed by atoms with Gasteiger partial charge in [0.25, 0.3) is 5.91 Å². The van der Waals surface area contributed by atoms with Gasteiger partial charge in [-0.15, -0.1) is 11.3 Å². The Hall–Kier alpha value is -2.75. The van der Waals surface area contributed by atoms with Gasteiger partial charge in [0.15, 0.2) is 0 Å². The van der Waals surface area contributed by atoms with Crippen LogP contribution < -0.4 is 10.6 Å². The molecule has 2 aliphatic rings. The van der Waals surface area contributed by atoms with Gasteiger partial charge in [-0.1, -0.05) is 0 Å². The van der Waals surface area contributed by atoms with Crippen LogP contribution in [0.15, 0.2) is 42.9 Å². The Kier molecular flexibility index (Phi) is 5.47. The van der Waals surface area contributed by atoms with Gasteiger partial charge in [0.1, 0.15) is 11.2 Å². The van der Waals surface area contributed by atoms with E-state index in [9.17, 15) is 9.59 Å². The van der Waals surface area contributed by atoms with Crippen molar-refractivity contribution in [1.82, 2.24) is 20.0 Å². The van der Waals surface area contributed by atoms with Gasteiger partial charge < -0.3 is 24.5 Å². The van der Waals surface area contributed by atoms with Gasteiger partial charge >= 0.3 is 0 Å². The van der Waals surface area contributed by atoms with E-state index in [-0.39, 0.29) is 17.7 Å². The maximum absolute atomic E-state index is 12.7. The van der Waals surface area contributed by atoms with Gasteiger partial charge in [-0.25, -0.2) is 4.98 Å². The maximum Gasteiger partial charge on any atom is 0.261 e. The molecule has 3 aromatic heterocycles. The van der Waals surface area contributed by atoms with Gasteiger partial charge in [0.05, 0.1) is 18.1 Å². The van der Waals surface area contributed by atoms with Gasteiger partial charge in [-0.05, 0) is 42.2 Å². The van der Waals surface area contributed by atoms with Crippen LogP contribution in [-0.4, -0.2) is 47.6 Å². The Morgan fingerprint density at radius 3 is 2.90 bits per heavy atom. The molecule has 8 nitrogen and oxygen atoms in total. The molecule has 31 heavy (non-hydrogen) atoms. The van der Waals surface area contributed by atoms with E-state index in [2.05, 4.69) is 15.6 Å². The zero-order chi connectivity index (χ0) is 21.3. The number of thiophene rings is 1. The molecule has 3 aromatic rings. The summed E-state index contributed by atoms with van der Waals surface area (Å²) in [4.78, 5) is 31.0. The predicted octanol–water partition coefficient (Wildman–Crippen LogP) is 2.09. The van der Waals surface area contributed by atoms with Crippen molar-refractivity contribution in [2.75, 3.05) is 26.4 Å². The molecule has 1 atom stereocenters. The number of hydrogen-bond acceptors (Lipinski definition) is 6. The number of ether oxygens (including phenoxy) is 2. The molecule has 1 unspecified atom stereocenters. The lowest BCUT2D eigenvalue weighted by Gasteiger charge is -2.41. The van der Waals surface area contributed by atoms with E-state index in [0.717, 1.165) is 29.1 Å². The van der Waals surface area contributed by atoms with Crippen LogP contribution in [0.2, 0.25) is 0 Å². The molecule has 0 saturated carbocycles. The lowest BCUT2D eigenvalue weighted by Crippen LogP contribution is -2.59. The number of fused-ring (bicyclic) bond motifs is 1. The van der Waals surface area contributed by atoms with Crippen LogP contribution in [0, 0.1) is 5.92 Å². The van der Waals surface area contributed by atoms with Crippen LogP contribution in [0.3, 0.4) is 0 Å². The number of hydrogen-bond donors (Lipinski definition) is 2. The first kappa shape index (κ1) is 20.2. The van der Waals surface area contributed by atoms with Crippen LogP contribution in [0.25, 0.3) is 5.65 Å². The number of imidazole rings is 1. The summed E-state index contributed by atoms with van der Waals surface area (Å²) in [7, 11) is 0. The summed E-state index contributed by atoms with van der Waals surface area (Å²) in [6.07, 6.45) is 6.93. The molecule has 0 radical (unpaired) electrons. The lowest BCUT2D eigenvalue weighted by molar-refractivity contribution is -0.134. The Morgan fingerprint density at radius 1 is 1.23 bits per heavy atom. The third kappa shape index (κ3) is 4.21. The molecule has 9 heteroatoms. The summed E-state index contributed by atoms with van der Waals surface area (Å²) < 4.78 is 12.7. The van der Waals surface area contributed by atoms with E-state index >= 15 is 0 Å². The van der Waals surface area contributed by atoms with Gasteiger partial charge in [-0.3, -0.25) is 9.59 Å². The molecule has 162 valence electrons. The molecular weight excluding hydrogens is 416 g/mol. The van der Waals surface area contributed by atoms with Crippen molar-refractivity contribution >= 4 is 28.8 Å². The summed E-state index contributed by atoms with van der Waals surface area (Å²) >= 11 is 1.40. The summed E-state index contributed by atoms with van der Waals surface area (Å²) in [6, 6.07) is 7.63. The van der Waals surface area contributed by atoms with E-state index in [4.69, 9.17) is 9.47 Å². The number of amides is 2. The third-order valence-electron chi connectivity index (χ3n) is 5.79. The Labute approximate surface area is 183 Å². The predicted molar refractivity (Wildman–Crippen MR) is 115 cm³/mol. The maximum atomic E-state index is 12.7. The SMILES string of the molecule is O=C(CC1CCOC1)NC1(c2ccc(C(=O)NCc3ccn4ccnc4c3)s2)COC1. The van der Waals surface area contributed by atoms with Crippen LogP contribution in [-0.2, 0) is 26.4 Å². The molecule has 5 rings (SSSR count). The number of nitrogens with zero attached hydrogens (tertiary/aromatic N) is 2. The van der Waals surface area contributed by atoms with Crippen molar-refractivity contribution in [1.29, 1.82) is 0 Å². The van der Waals surface area contributed by atoms with E-state index in [0.29, 0.717) is 37.7 Å². The summed E-state index contributed by atoms with van der Waals surface area (Å²) in [6.45, 7) is 2.64. The molecule has 0 aliphatic carbocycles. The molecule has 5 heterocycles. The normalized spacial score (nSPS) is 19.8. The average Bonchev–Trinajstić information content (AvgIpc) is 3.50. The standard InChI is InChI=1S/C22H24N4O4S/c27-20(10-16-4-8-29-12-16)25-22(13-30-14-22)18-2-1-17(31-18)21(28)24-11-15-3-6-26-7-5-23-19(26)9-15/h1-3,5-7,9,16H,4,8,10-14H2,(H,24,28)(H,25,27). The zero-order valence-electron chi connectivity index (χ0n) is 17.0. The Balaban J connectivity index is 1.21. The average molecular weight is 441 g/mol. The topological polar surface area (TPSA) is 94.0 Å². The van der Waals surface area contributed by atoms with Gasteiger partial charge in [0.2, 0.25) is 5.91 Å². The van der Waals surface area contributed by atoms with Crippen LogP contribution >= 0.6 is 11.3 Å². The van der Waals surface area contributed by atoms with Crippen molar-refractivity contribution < 1.29 is 19.1 Å². The van der Waals surface area contributed by atoms with E-state index in [1.165, 1.54) is 11.3 Å². The van der Waals surface area contributed by atoms with Crippen molar-refractivity contribution in [3.63, 3.8) is 0 Å². The number of rotatable bonds is 7. The van der Waals surface area contributed by atoms with Crippen molar-refractivity contribution in [3.8, 4) is 0 Å². The molecule has 2 amide bonds. The van der Waals surface area contributed by atoms with Crippen molar-refractivity contribution in [2.24, 2.45) is 5.92 Å². The second-order valence-corrected chi connectivity index (χ2v) is 9.21. The number of aromatic nitrogens is 2. The number of nitrogens with one attached hydrogen (secondary N) is 2. The quantitative estimate of drug-likeness (QED) is 0.587. The van der Waals surface area contributed by atoms with Gasteiger partial charge in [-0.2, -0.15) is 0 Å². The number of pyridine rings is 1. The van der Waals surface area contributed by atoms with Crippen LogP contribution in [0.5, 0.6) is 0 Å². The van der Waals surface area contributed by atoms with E-state index in [1.807, 2.05) is 41.1 Å². The largest absolute Gasteiger partial charge is 0.381 e. The first-order valence-corrected chi connectivity index (χ1v) is 11.2. The number of carbonyl (C=O) groups excluding carboxylic acids is 2. The highest BCUT2D eigenvalue weighted by Crippen LogP contribution is 2.35. The summed E-state index contributed by atoms with van der Waals surface area (Å²) in [5.74, 6) is 0.154. The fourth-order valence-electron chi connectivity index (χ4n) is 3.96. The summed E-state index contributed by atoms with van der Waals surface area (Å²) in [5.41, 5.74) is 1.29. The third-order valence-corrected chi connectivity index (χ3v) is 7.08. The second-order valence-electron chi connectivity index (χ2n) is 8.13. The van der Waals surface area contributed by atoms with Crippen molar-refractivity contribution in [3.05, 3.63) is 58.2 Å². The first-order chi connectivity index (χ1) is 15.1. The zero-order valence-corrected chi connectivity index (χ0v) is 17.8. The monoisotopic (exact) mass is 440 g/mol. The van der Waals surface area contributed by atoms with Crippen LogP contribution in [0.1, 0.15) is 33.0 Å². The highest BCUT2D eigenvalue weighted by Gasteiger charge is 2.43. The van der Waals surface area contributed by atoms with E-state index < -0.39 is 5.54 Å². The molecular formula is C22H24N4O4S. The molecule has 2 aliphatic heterocycles. The minimum absolute atomic E-state index is 0.00702. The first-order valence-electron chi connectivity index (χ1n) is 10.4. The minimum atomic E-state index is -0.536. The lowest BCUT2D eigenvalue weighted by atomic mass is 9.94. The molecule has 0 bridgehead atoms. The minimum Gasteiger partial charge on any atom is -0.381 e. The highest BCUT2D eigenvalue weighted by molar-refractivity contribution is 7.14. The summed E-state index contributed by atoms with van der Waals surface area (Å²) in [5, 5.41) is 6.11. The van der Waals surface area contributed by atoms with Gasteiger partial charge in [0, 0.05) is 49.6 Å². The van der Waals surface area contributed by atoms with Crippen molar-refractivity contribution in [2.45, 2.75) is 24.9 Å². The van der Waals surface area contributed by atoms with Crippen LogP contribution in [0.4, 0.5) is 0 Å². The fourth-order valence-corrected chi connectivity index (χ4v) is 4.99. The molecule has 0 spiro atoms.